The Morgan fingerprint density at radius 3 is 2.42 bits per heavy atom. The summed E-state index contributed by atoms with van der Waals surface area (Å²) in [5.74, 6) is 1.03. The lowest BCUT2D eigenvalue weighted by Crippen LogP contribution is -2.41. The second-order valence-corrected chi connectivity index (χ2v) is 7.55. The van der Waals surface area contributed by atoms with Crippen molar-refractivity contribution in [2.75, 3.05) is 7.05 Å². The van der Waals surface area contributed by atoms with Crippen LogP contribution < -0.4 is 10.0 Å². The van der Waals surface area contributed by atoms with E-state index in [2.05, 4.69) is 10.0 Å². The number of aryl methyl sites for hydroxylation is 1. The number of sulfonamides is 1. The van der Waals surface area contributed by atoms with Gasteiger partial charge in [0, 0.05) is 12.1 Å². The van der Waals surface area contributed by atoms with Crippen LogP contribution in [0.5, 0.6) is 0 Å². The van der Waals surface area contributed by atoms with E-state index in [4.69, 9.17) is 4.42 Å². The van der Waals surface area contributed by atoms with Crippen LogP contribution in [0.2, 0.25) is 0 Å². The van der Waals surface area contributed by atoms with Crippen LogP contribution in [0.4, 0.5) is 0 Å². The average molecular weight is 288 g/mol. The molecule has 0 aliphatic rings. The Hall–Kier alpha value is -0.850. The maximum Gasteiger partial charge on any atom is 0.244 e. The summed E-state index contributed by atoms with van der Waals surface area (Å²) in [6.07, 6.45) is 0. The number of furan rings is 1. The first-order valence-electron chi connectivity index (χ1n) is 6.34. The van der Waals surface area contributed by atoms with Crippen molar-refractivity contribution in [1.82, 2.24) is 10.0 Å². The van der Waals surface area contributed by atoms with Gasteiger partial charge in [0.1, 0.15) is 16.4 Å². The molecule has 19 heavy (non-hydrogen) atoms. The van der Waals surface area contributed by atoms with Crippen LogP contribution in [0, 0.1) is 12.3 Å². The summed E-state index contributed by atoms with van der Waals surface area (Å²) in [5.41, 5.74) is -0.140. The Morgan fingerprint density at radius 1 is 1.37 bits per heavy atom. The maximum absolute atomic E-state index is 12.3. The van der Waals surface area contributed by atoms with Crippen LogP contribution >= 0.6 is 0 Å². The van der Waals surface area contributed by atoms with Gasteiger partial charge in [-0.15, -0.1) is 0 Å². The Bertz CT molecular complexity index is 527. The van der Waals surface area contributed by atoms with Crippen LogP contribution in [-0.4, -0.2) is 21.5 Å². The molecule has 0 spiro atoms. The minimum absolute atomic E-state index is 0.140. The third-order valence-corrected chi connectivity index (χ3v) is 4.84. The van der Waals surface area contributed by atoms with Crippen LogP contribution in [0.15, 0.2) is 15.4 Å². The molecule has 0 saturated carbocycles. The predicted molar refractivity (Wildman–Crippen MR) is 75.4 cm³/mol. The van der Waals surface area contributed by atoms with E-state index in [0.29, 0.717) is 18.1 Å². The fourth-order valence-corrected chi connectivity index (χ4v) is 3.18. The zero-order chi connectivity index (χ0) is 14.8. The molecule has 0 saturated heterocycles. The Kier molecular flexibility index (Phi) is 4.81. The van der Waals surface area contributed by atoms with Gasteiger partial charge in [-0.2, -0.15) is 0 Å². The normalized spacial score (nSPS) is 14.6. The van der Waals surface area contributed by atoms with E-state index >= 15 is 0 Å². The van der Waals surface area contributed by atoms with Crippen LogP contribution in [0.25, 0.3) is 0 Å². The van der Waals surface area contributed by atoms with Crippen molar-refractivity contribution in [2.45, 2.75) is 52.1 Å². The summed E-state index contributed by atoms with van der Waals surface area (Å²) < 4.78 is 32.8. The van der Waals surface area contributed by atoms with Crippen LogP contribution in [0.1, 0.15) is 39.2 Å². The second kappa shape index (κ2) is 5.64. The van der Waals surface area contributed by atoms with Crippen LogP contribution in [-0.2, 0) is 16.6 Å². The van der Waals surface area contributed by atoms with Gasteiger partial charge in [0.15, 0.2) is 0 Å². The highest BCUT2D eigenvalue weighted by molar-refractivity contribution is 7.89. The molecule has 6 heteroatoms. The number of rotatable bonds is 5. The summed E-state index contributed by atoms with van der Waals surface area (Å²) in [4.78, 5) is 0.217. The zero-order valence-corrected chi connectivity index (χ0v) is 13.3. The number of hydrogen-bond donors (Lipinski definition) is 2. The predicted octanol–water partition coefficient (Wildman–Crippen LogP) is 2.02. The first-order valence-corrected chi connectivity index (χ1v) is 7.82. The van der Waals surface area contributed by atoms with Gasteiger partial charge in [0.05, 0.1) is 6.54 Å². The molecule has 0 aliphatic carbocycles. The monoisotopic (exact) mass is 288 g/mol. The average Bonchev–Trinajstić information content (AvgIpc) is 2.58. The Balaban J connectivity index is 3.01. The molecule has 1 aromatic heterocycles. The highest BCUT2D eigenvalue weighted by Crippen LogP contribution is 2.24. The Labute approximate surface area is 115 Å². The molecule has 2 N–H and O–H groups in total. The summed E-state index contributed by atoms with van der Waals surface area (Å²) in [5, 5.41) is 2.93. The molecule has 0 aromatic carbocycles. The highest BCUT2D eigenvalue weighted by Gasteiger charge is 2.28. The van der Waals surface area contributed by atoms with E-state index in [9.17, 15) is 8.42 Å². The van der Waals surface area contributed by atoms with Gasteiger partial charge in [-0.25, -0.2) is 13.1 Å². The summed E-state index contributed by atoms with van der Waals surface area (Å²) in [6.45, 7) is 10.0. The SMILES string of the molecule is CNCc1cc(S(=O)(=O)NC(C)C(C)(C)C)c(C)o1. The van der Waals surface area contributed by atoms with E-state index < -0.39 is 10.0 Å². The molecule has 5 nitrogen and oxygen atoms in total. The first kappa shape index (κ1) is 16.2. The summed E-state index contributed by atoms with van der Waals surface area (Å²) in [6, 6.07) is 1.41. The van der Waals surface area contributed by atoms with Crippen molar-refractivity contribution in [1.29, 1.82) is 0 Å². The first-order chi connectivity index (χ1) is 8.58. The maximum atomic E-state index is 12.3. The smallest absolute Gasteiger partial charge is 0.244 e. The molecule has 1 rings (SSSR count). The van der Waals surface area contributed by atoms with E-state index in [1.807, 2.05) is 27.7 Å². The third-order valence-electron chi connectivity index (χ3n) is 3.19. The van der Waals surface area contributed by atoms with Crippen molar-refractivity contribution in [3.8, 4) is 0 Å². The molecule has 0 bridgehead atoms. The van der Waals surface area contributed by atoms with Crippen molar-refractivity contribution >= 4 is 10.0 Å². The van der Waals surface area contributed by atoms with Crippen molar-refractivity contribution in [3.63, 3.8) is 0 Å². The highest BCUT2D eigenvalue weighted by atomic mass is 32.2. The van der Waals surface area contributed by atoms with Gasteiger partial charge < -0.3 is 9.73 Å². The molecule has 0 aliphatic heterocycles. The van der Waals surface area contributed by atoms with E-state index in [1.54, 1.807) is 20.0 Å². The zero-order valence-electron chi connectivity index (χ0n) is 12.5. The lowest BCUT2D eigenvalue weighted by molar-refractivity contribution is 0.317. The second-order valence-electron chi connectivity index (χ2n) is 5.87. The molecular weight excluding hydrogens is 264 g/mol. The molecule has 0 amide bonds. The van der Waals surface area contributed by atoms with E-state index in [-0.39, 0.29) is 16.4 Å². The minimum atomic E-state index is -3.54. The number of nitrogens with one attached hydrogen (secondary N) is 2. The molecule has 0 fully saturated rings. The van der Waals surface area contributed by atoms with Crippen molar-refractivity contribution in [2.24, 2.45) is 5.41 Å². The fourth-order valence-electron chi connectivity index (χ4n) is 1.53. The summed E-state index contributed by atoms with van der Waals surface area (Å²) >= 11 is 0. The molecule has 1 atom stereocenters. The standard InChI is InChI=1S/C13H24N2O3S/c1-9-12(7-11(18-9)8-14-6)19(16,17)15-10(2)13(3,4)5/h7,10,14-15H,8H2,1-6H3. The molecule has 0 radical (unpaired) electrons. The van der Waals surface area contributed by atoms with Gasteiger partial charge in [-0.1, -0.05) is 20.8 Å². The van der Waals surface area contributed by atoms with Gasteiger partial charge in [0.2, 0.25) is 10.0 Å². The van der Waals surface area contributed by atoms with Gasteiger partial charge >= 0.3 is 0 Å². The van der Waals surface area contributed by atoms with Crippen molar-refractivity contribution in [3.05, 3.63) is 17.6 Å². The minimum Gasteiger partial charge on any atom is -0.464 e. The quantitative estimate of drug-likeness (QED) is 0.869. The lowest BCUT2D eigenvalue weighted by atomic mass is 9.89. The molecule has 1 unspecified atom stereocenters. The van der Waals surface area contributed by atoms with Gasteiger partial charge in [-0.05, 0) is 26.3 Å². The Morgan fingerprint density at radius 2 is 1.95 bits per heavy atom. The fraction of sp³-hybridized carbons (Fsp3) is 0.692. The molecule has 1 heterocycles. The van der Waals surface area contributed by atoms with Crippen LogP contribution in [0.3, 0.4) is 0 Å². The van der Waals surface area contributed by atoms with E-state index in [1.165, 1.54) is 0 Å². The van der Waals surface area contributed by atoms with E-state index in [0.717, 1.165) is 0 Å². The van der Waals surface area contributed by atoms with Crippen molar-refractivity contribution < 1.29 is 12.8 Å². The molecule has 1 aromatic rings. The summed E-state index contributed by atoms with van der Waals surface area (Å²) in [7, 11) is -1.76. The lowest BCUT2D eigenvalue weighted by Gasteiger charge is -2.27. The largest absolute Gasteiger partial charge is 0.464 e. The molecule has 110 valence electrons. The van der Waals surface area contributed by atoms with Gasteiger partial charge in [0.25, 0.3) is 0 Å². The topological polar surface area (TPSA) is 71.3 Å². The number of hydrogen-bond acceptors (Lipinski definition) is 4. The molecular formula is C13H24N2O3S. The third kappa shape index (κ3) is 4.06. The van der Waals surface area contributed by atoms with Gasteiger partial charge in [-0.3, -0.25) is 0 Å².